The molecular formula is C16H25IN2O2S3. The van der Waals surface area contributed by atoms with Gasteiger partial charge in [-0.2, -0.15) is 28.5 Å². The second-order valence-corrected chi connectivity index (χ2v) is 8.80. The van der Waals surface area contributed by atoms with E-state index in [0.717, 1.165) is 36.1 Å². The molecule has 0 amide bonds. The smallest absolute Gasteiger partial charge is 0.245 e. The van der Waals surface area contributed by atoms with Crippen LogP contribution in [0.15, 0.2) is 18.2 Å². The Balaban J connectivity index is 0.00000288. The standard InChI is InChI=1S/C16H24N2O2S3.HI/c1-13-17-16-14(3-2-4-15(16)23-13)18(5-9-21-11-7-19)6-10-22-12-8-20;/h2-4,19-20H,5-12H2,1H3;1H. The van der Waals surface area contributed by atoms with Gasteiger partial charge in [-0.25, -0.2) is 0 Å². The largest absolute Gasteiger partial charge is 1.00 e. The van der Waals surface area contributed by atoms with E-state index in [0.29, 0.717) is 0 Å². The monoisotopic (exact) mass is 500 g/mol. The summed E-state index contributed by atoms with van der Waals surface area (Å²) in [6.45, 7) is 4.51. The van der Waals surface area contributed by atoms with Gasteiger partial charge in [0.2, 0.25) is 10.5 Å². The van der Waals surface area contributed by atoms with Crippen molar-refractivity contribution in [1.82, 2.24) is 0 Å². The molecule has 0 aliphatic carbocycles. The highest BCUT2D eigenvalue weighted by Gasteiger charge is 2.17. The van der Waals surface area contributed by atoms with E-state index < -0.39 is 0 Å². The molecular weight excluding hydrogens is 475 g/mol. The zero-order chi connectivity index (χ0) is 16.5. The highest BCUT2D eigenvalue weighted by atomic mass is 127. The van der Waals surface area contributed by atoms with Gasteiger partial charge in [0.25, 0.3) is 0 Å². The molecule has 0 fully saturated rings. The fourth-order valence-electron chi connectivity index (χ4n) is 2.40. The minimum Gasteiger partial charge on any atom is -1.00 e. The van der Waals surface area contributed by atoms with E-state index in [-0.39, 0.29) is 37.2 Å². The first-order valence-corrected chi connectivity index (χ1v) is 10.9. The van der Waals surface area contributed by atoms with Gasteiger partial charge in [0.05, 0.1) is 13.2 Å². The van der Waals surface area contributed by atoms with E-state index in [1.165, 1.54) is 20.9 Å². The third-order valence-electron chi connectivity index (χ3n) is 3.39. The predicted octanol–water partition coefficient (Wildman–Crippen LogP) is -0.715. The Labute approximate surface area is 173 Å². The molecule has 2 aromatic rings. The maximum absolute atomic E-state index is 8.93. The van der Waals surface area contributed by atoms with Crippen LogP contribution in [0.25, 0.3) is 10.2 Å². The van der Waals surface area contributed by atoms with E-state index in [1.54, 1.807) is 34.9 Å². The van der Waals surface area contributed by atoms with Crippen LogP contribution >= 0.6 is 34.9 Å². The van der Waals surface area contributed by atoms with Crippen molar-refractivity contribution in [2.75, 3.05) is 54.2 Å². The molecule has 0 aliphatic heterocycles. The number of aliphatic hydroxyl groups excluding tert-OH is 2. The number of thiazole rings is 1. The molecule has 2 rings (SSSR count). The quantitative estimate of drug-likeness (QED) is 0.316. The lowest BCUT2D eigenvalue weighted by Gasteiger charge is -2.23. The van der Waals surface area contributed by atoms with Gasteiger partial charge in [0, 0.05) is 43.0 Å². The molecule has 0 radical (unpaired) electrons. The summed E-state index contributed by atoms with van der Waals surface area (Å²) in [6, 6.07) is 6.46. The molecule has 24 heavy (non-hydrogen) atoms. The van der Waals surface area contributed by atoms with Crippen LogP contribution < -0.4 is 33.9 Å². The van der Waals surface area contributed by atoms with Crippen LogP contribution in [0.3, 0.4) is 0 Å². The Kier molecular flexibility index (Phi) is 11.7. The average molecular weight is 500 g/mol. The molecule has 3 N–H and O–H groups in total. The van der Waals surface area contributed by atoms with Crippen LogP contribution in [0.2, 0.25) is 0 Å². The molecule has 0 saturated carbocycles. The van der Waals surface area contributed by atoms with Crippen molar-refractivity contribution < 1.29 is 39.2 Å². The van der Waals surface area contributed by atoms with Gasteiger partial charge >= 0.3 is 0 Å². The fraction of sp³-hybridized carbons (Fsp3) is 0.562. The van der Waals surface area contributed by atoms with Gasteiger partial charge in [-0.1, -0.05) is 17.4 Å². The number of hydrogen-bond donors (Lipinski definition) is 2. The van der Waals surface area contributed by atoms with Crippen LogP contribution in [0, 0.1) is 6.92 Å². The van der Waals surface area contributed by atoms with E-state index in [1.807, 2.05) is 0 Å². The Bertz CT molecular complexity index is 586. The number of nitrogens with zero attached hydrogens (tertiary/aromatic N) is 1. The van der Waals surface area contributed by atoms with Crippen molar-refractivity contribution in [3.63, 3.8) is 0 Å². The summed E-state index contributed by atoms with van der Waals surface area (Å²) >= 11 is 5.36. The number of fused-ring (bicyclic) bond motifs is 1. The Morgan fingerprint density at radius 1 is 1.04 bits per heavy atom. The van der Waals surface area contributed by atoms with Crippen LogP contribution in [-0.2, 0) is 0 Å². The topological polar surface area (TPSA) is 57.8 Å². The molecule has 1 heterocycles. The summed E-state index contributed by atoms with van der Waals surface area (Å²) in [5.41, 5.74) is 2.47. The van der Waals surface area contributed by atoms with Crippen LogP contribution in [0.1, 0.15) is 5.01 Å². The molecule has 0 unspecified atom stereocenters. The first kappa shape index (κ1) is 22.3. The zero-order valence-corrected chi connectivity index (χ0v) is 18.4. The number of para-hydroxylation sites is 1. The van der Waals surface area contributed by atoms with E-state index >= 15 is 0 Å². The lowest BCUT2D eigenvalue weighted by atomic mass is 10.2. The molecule has 0 spiro atoms. The van der Waals surface area contributed by atoms with Crippen molar-refractivity contribution >= 4 is 50.8 Å². The van der Waals surface area contributed by atoms with Crippen LogP contribution in [0.5, 0.6) is 0 Å². The van der Waals surface area contributed by atoms with E-state index in [2.05, 4.69) is 35.0 Å². The van der Waals surface area contributed by atoms with Gasteiger partial charge in [0.15, 0.2) is 0 Å². The average Bonchev–Trinajstić information content (AvgIpc) is 2.93. The number of anilines is 1. The molecule has 1 aromatic carbocycles. The summed E-state index contributed by atoms with van der Waals surface area (Å²) < 4.78 is 1.29. The summed E-state index contributed by atoms with van der Waals surface area (Å²) in [7, 11) is 0. The number of H-pyrrole nitrogens is 1. The van der Waals surface area contributed by atoms with Crippen molar-refractivity contribution in [1.29, 1.82) is 0 Å². The Hall–Kier alpha value is 0.260. The number of rotatable bonds is 11. The lowest BCUT2D eigenvalue weighted by Crippen LogP contribution is -3.00. The van der Waals surface area contributed by atoms with Gasteiger partial charge in [0.1, 0.15) is 10.4 Å². The molecule has 136 valence electrons. The number of aromatic amines is 1. The highest BCUT2D eigenvalue weighted by molar-refractivity contribution is 7.99. The van der Waals surface area contributed by atoms with Crippen molar-refractivity contribution in [3.8, 4) is 0 Å². The van der Waals surface area contributed by atoms with Gasteiger partial charge in [-0.05, 0) is 12.1 Å². The minimum atomic E-state index is 0. The van der Waals surface area contributed by atoms with Crippen molar-refractivity contribution in [2.45, 2.75) is 6.92 Å². The molecule has 0 aliphatic rings. The second kappa shape index (κ2) is 12.6. The SMILES string of the molecule is Cc1[nH+]c2c(N(CCSCCO)CCSCCO)cccc2s1.[I-]. The molecule has 0 atom stereocenters. The third kappa shape index (κ3) is 6.87. The molecule has 1 aromatic heterocycles. The first-order chi connectivity index (χ1) is 11.3. The summed E-state index contributed by atoms with van der Waals surface area (Å²) in [5.74, 6) is 3.59. The van der Waals surface area contributed by atoms with Crippen molar-refractivity contribution in [3.05, 3.63) is 23.2 Å². The number of aryl methyl sites for hydroxylation is 1. The summed E-state index contributed by atoms with van der Waals surface area (Å²) in [6.07, 6.45) is 0. The van der Waals surface area contributed by atoms with E-state index in [9.17, 15) is 0 Å². The molecule has 4 nitrogen and oxygen atoms in total. The number of thioether (sulfide) groups is 2. The van der Waals surface area contributed by atoms with Crippen molar-refractivity contribution in [2.24, 2.45) is 0 Å². The Morgan fingerprint density at radius 2 is 1.67 bits per heavy atom. The molecule has 0 bridgehead atoms. The summed E-state index contributed by atoms with van der Waals surface area (Å²) in [4.78, 5) is 5.91. The van der Waals surface area contributed by atoms with Gasteiger partial charge in [-0.15, -0.1) is 0 Å². The third-order valence-corrected chi connectivity index (χ3v) is 6.24. The fourth-order valence-corrected chi connectivity index (χ4v) is 4.65. The first-order valence-electron chi connectivity index (χ1n) is 7.80. The summed E-state index contributed by atoms with van der Waals surface area (Å²) in [5, 5.41) is 19.1. The second-order valence-electron chi connectivity index (χ2n) is 5.09. The molecule has 8 heteroatoms. The number of hydrogen-bond acceptors (Lipinski definition) is 6. The number of nitrogens with one attached hydrogen (secondary N) is 1. The number of aliphatic hydroxyl groups is 2. The van der Waals surface area contributed by atoms with Crippen LogP contribution in [0.4, 0.5) is 5.69 Å². The zero-order valence-electron chi connectivity index (χ0n) is 13.8. The maximum atomic E-state index is 8.93. The van der Waals surface area contributed by atoms with Crippen LogP contribution in [-0.4, -0.2) is 59.5 Å². The Morgan fingerprint density at radius 3 is 2.25 bits per heavy atom. The number of benzene rings is 1. The number of aromatic nitrogens is 1. The number of halogens is 1. The maximum Gasteiger partial charge on any atom is 0.245 e. The lowest BCUT2D eigenvalue weighted by molar-refractivity contribution is -0.347. The normalized spacial score (nSPS) is 10.8. The minimum absolute atomic E-state index is 0. The van der Waals surface area contributed by atoms with Gasteiger partial charge < -0.3 is 39.1 Å². The highest BCUT2D eigenvalue weighted by Crippen LogP contribution is 2.28. The van der Waals surface area contributed by atoms with E-state index in [4.69, 9.17) is 10.2 Å². The predicted molar refractivity (Wildman–Crippen MR) is 104 cm³/mol. The van der Waals surface area contributed by atoms with Gasteiger partial charge in [-0.3, -0.25) is 0 Å². The molecule has 0 saturated heterocycles.